The Morgan fingerprint density at radius 2 is 1.95 bits per heavy atom. The van der Waals surface area contributed by atoms with E-state index in [4.69, 9.17) is 0 Å². The summed E-state index contributed by atoms with van der Waals surface area (Å²) in [7, 11) is 0. The van der Waals surface area contributed by atoms with E-state index < -0.39 is 0 Å². The lowest BCUT2D eigenvalue weighted by molar-refractivity contribution is -0.113. The Labute approximate surface area is 124 Å². The molecular weight excluding hydrogens is 294 g/mol. The van der Waals surface area contributed by atoms with Crippen LogP contribution in [0.15, 0.2) is 28.6 Å². The Morgan fingerprint density at radius 1 is 1.25 bits per heavy atom. The minimum atomic E-state index is -0.113. The smallest absolute Gasteiger partial charge is 0.234 e. The summed E-state index contributed by atoms with van der Waals surface area (Å²) < 4.78 is 0.782. The third kappa shape index (κ3) is 4.14. The molecule has 20 heavy (non-hydrogen) atoms. The minimum Gasteiger partial charge on any atom is -0.325 e. The van der Waals surface area contributed by atoms with Crippen LogP contribution in [-0.2, 0) is 4.79 Å². The van der Waals surface area contributed by atoms with Crippen molar-refractivity contribution in [1.29, 1.82) is 0 Å². The van der Waals surface area contributed by atoms with Crippen LogP contribution in [0.5, 0.6) is 0 Å². The molecule has 0 saturated carbocycles. The van der Waals surface area contributed by atoms with Gasteiger partial charge < -0.3 is 5.32 Å². The summed E-state index contributed by atoms with van der Waals surface area (Å²) in [4.78, 5) is 22.9. The van der Waals surface area contributed by atoms with Crippen LogP contribution in [0.4, 0.5) is 5.69 Å². The first-order valence-corrected chi connectivity index (χ1v) is 7.68. The van der Waals surface area contributed by atoms with Crippen LogP contribution >= 0.6 is 23.1 Å². The van der Waals surface area contributed by atoms with Gasteiger partial charge in [-0.2, -0.15) is 0 Å². The third-order valence-electron chi connectivity index (χ3n) is 2.41. The number of rotatable bonds is 5. The Kier molecular flexibility index (Phi) is 4.86. The van der Waals surface area contributed by atoms with Crippen LogP contribution in [0.3, 0.4) is 0 Å². The highest BCUT2D eigenvalue weighted by Crippen LogP contribution is 2.21. The fraction of sp³-hybridized carbons (Fsp3) is 0.231. The van der Waals surface area contributed by atoms with Gasteiger partial charge in [0.2, 0.25) is 5.91 Å². The van der Waals surface area contributed by atoms with Crippen LogP contribution in [0.2, 0.25) is 0 Å². The van der Waals surface area contributed by atoms with Crippen molar-refractivity contribution in [3.05, 3.63) is 34.8 Å². The number of amides is 1. The molecule has 2 rings (SSSR count). The standard InChI is InChI=1S/C13H13N3O2S2/c1-8(17)10-3-5-11(6-4-10)14-12(18)7-19-13-16-15-9(2)20-13/h3-6H,7H2,1-2H3,(H,14,18). The molecule has 0 aliphatic rings. The summed E-state index contributed by atoms with van der Waals surface area (Å²) in [6.07, 6.45) is 0. The van der Waals surface area contributed by atoms with Crippen LogP contribution in [0.25, 0.3) is 0 Å². The van der Waals surface area contributed by atoms with Crippen molar-refractivity contribution in [1.82, 2.24) is 10.2 Å². The highest BCUT2D eigenvalue weighted by molar-refractivity contribution is 8.01. The molecule has 0 fully saturated rings. The zero-order valence-electron chi connectivity index (χ0n) is 11.0. The maximum Gasteiger partial charge on any atom is 0.234 e. The molecule has 0 aliphatic heterocycles. The van der Waals surface area contributed by atoms with E-state index in [9.17, 15) is 9.59 Å². The van der Waals surface area contributed by atoms with Gasteiger partial charge in [-0.3, -0.25) is 9.59 Å². The number of nitrogens with one attached hydrogen (secondary N) is 1. The predicted octanol–water partition coefficient (Wildman–Crippen LogP) is 2.78. The van der Waals surface area contributed by atoms with Gasteiger partial charge in [-0.05, 0) is 38.1 Å². The normalized spacial score (nSPS) is 10.3. The van der Waals surface area contributed by atoms with E-state index in [1.165, 1.54) is 30.0 Å². The first kappa shape index (κ1) is 14.7. The first-order valence-electron chi connectivity index (χ1n) is 5.88. The number of carbonyl (C=O) groups excluding carboxylic acids is 2. The number of thioether (sulfide) groups is 1. The number of carbonyl (C=O) groups is 2. The average Bonchev–Trinajstić information content (AvgIpc) is 2.83. The van der Waals surface area contributed by atoms with E-state index >= 15 is 0 Å². The molecule has 1 heterocycles. The summed E-state index contributed by atoms with van der Waals surface area (Å²) in [5.74, 6) is 0.173. The van der Waals surface area contributed by atoms with Gasteiger partial charge >= 0.3 is 0 Å². The van der Waals surface area contributed by atoms with Crippen molar-refractivity contribution in [2.45, 2.75) is 18.2 Å². The second-order valence-corrected chi connectivity index (χ2v) is 6.46. The second-order valence-electron chi connectivity index (χ2n) is 4.06. The summed E-state index contributed by atoms with van der Waals surface area (Å²) in [5.41, 5.74) is 1.30. The number of anilines is 1. The van der Waals surface area contributed by atoms with E-state index in [0.717, 1.165) is 9.35 Å². The van der Waals surface area contributed by atoms with Gasteiger partial charge in [0.15, 0.2) is 10.1 Å². The number of ketones is 1. The highest BCUT2D eigenvalue weighted by Gasteiger charge is 2.07. The summed E-state index contributed by atoms with van der Waals surface area (Å²) in [6.45, 7) is 3.38. The largest absolute Gasteiger partial charge is 0.325 e. The molecule has 0 radical (unpaired) electrons. The zero-order valence-corrected chi connectivity index (χ0v) is 12.7. The van der Waals surface area contributed by atoms with E-state index in [-0.39, 0.29) is 17.4 Å². The molecular formula is C13H13N3O2S2. The number of hydrogen-bond acceptors (Lipinski definition) is 6. The maximum atomic E-state index is 11.8. The molecule has 0 saturated heterocycles. The third-order valence-corrected chi connectivity index (χ3v) is 4.38. The topological polar surface area (TPSA) is 72.0 Å². The molecule has 1 aromatic carbocycles. The van der Waals surface area contributed by atoms with Crippen LogP contribution in [0, 0.1) is 6.92 Å². The van der Waals surface area contributed by atoms with Gasteiger partial charge in [0.25, 0.3) is 0 Å². The van der Waals surface area contributed by atoms with Crippen LogP contribution in [-0.4, -0.2) is 27.6 Å². The Morgan fingerprint density at radius 3 is 2.50 bits per heavy atom. The first-order chi connectivity index (χ1) is 9.54. The molecule has 0 aliphatic carbocycles. The van der Waals surface area contributed by atoms with Crippen molar-refractivity contribution in [2.24, 2.45) is 0 Å². The lowest BCUT2D eigenvalue weighted by atomic mass is 10.1. The fourth-order valence-electron chi connectivity index (χ4n) is 1.45. The van der Waals surface area contributed by atoms with Gasteiger partial charge in [0.1, 0.15) is 5.01 Å². The number of benzene rings is 1. The molecule has 0 spiro atoms. The Hall–Kier alpha value is -1.73. The lowest BCUT2D eigenvalue weighted by Gasteiger charge is -2.04. The number of hydrogen-bond donors (Lipinski definition) is 1. The van der Waals surface area contributed by atoms with Crippen molar-refractivity contribution in [3.63, 3.8) is 0 Å². The van der Waals surface area contributed by atoms with Gasteiger partial charge in [-0.25, -0.2) is 0 Å². The van der Waals surface area contributed by atoms with Gasteiger partial charge in [-0.15, -0.1) is 10.2 Å². The highest BCUT2D eigenvalue weighted by atomic mass is 32.2. The summed E-state index contributed by atoms with van der Waals surface area (Å²) in [6, 6.07) is 6.82. The van der Waals surface area contributed by atoms with E-state index in [2.05, 4.69) is 15.5 Å². The van der Waals surface area contributed by atoms with Crippen molar-refractivity contribution in [2.75, 3.05) is 11.1 Å². The zero-order chi connectivity index (χ0) is 14.5. The van der Waals surface area contributed by atoms with Crippen molar-refractivity contribution >= 4 is 40.5 Å². The number of aryl methyl sites for hydroxylation is 1. The molecule has 7 heteroatoms. The van der Waals surface area contributed by atoms with Gasteiger partial charge in [-0.1, -0.05) is 23.1 Å². The molecule has 1 N–H and O–H groups in total. The average molecular weight is 307 g/mol. The Bertz CT molecular complexity index is 623. The molecule has 0 bridgehead atoms. The quantitative estimate of drug-likeness (QED) is 0.679. The lowest BCUT2D eigenvalue weighted by Crippen LogP contribution is -2.14. The molecule has 1 aromatic heterocycles. The van der Waals surface area contributed by atoms with Gasteiger partial charge in [0, 0.05) is 11.3 Å². The maximum absolute atomic E-state index is 11.8. The number of nitrogens with zero attached hydrogens (tertiary/aromatic N) is 2. The summed E-state index contributed by atoms with van der Waals surface area (Å²) >= 11 is 2.82. The molecule has 0 unspecified atom stereocenters. The monoisotopic (exact) mass is 307 g/mol. The van der Waals surface area contributed by atoms with Gasteiger partial charge in [0.05, 0.1) is 5.75 Å². The van der Waals surface area contributed by atoms with E-state index in [0.29, 0.717) is 11.3 Å². The van der Waals surface area contributed by atoms with Crippen LogP contribution in [0.1, 0.15) is 22.3 Å². The molecule has 104 valence electrons. The van der Waals surface area contributed by atoms with Crippen LogP contribution < -0.4 is 5.32 Å². The van der Waals surface area contributed by atoms with Crippen molar-refractivity contribution < 1.29 is 9.59 Å². The number of Topliss-reactive ketones (excluding diaryl/α,β-unsaturated/α-hetero) is 1. The van der Waals surface area contributed by atoms with E-state index in [1.54, 1.807) is 24.3 Å². The fourth-order valence-corrected chi connectivity index (χ4v) is 3.06. The number of aromatic nitrogens is 2. The Balaban J connectivity index is 1.86. The minimum absolute atomic E-state index is 0.00470. The van der Waals surface area contributed by atoms with Crippen molar-refractivity contribution in [3.8, 4) is 0 Å². The second kappa shape index (κ2) is 6.62. The summed E-state index contributed by atoms with van der Waals surface area (Å²) in [5, 5.41) is 11.5. The van der Waals surface area contributed by atoms with E-state index in [1.807, 2.05) is 6.92 Å². The molecule has 0 atom stereocenters. The molecule has 2 aromatic rings. The molecule has 1 amide bonds. The molecule has 5 nitrogen and oxygen atoms in total. The predicted molar refractivity (Wildman–Crippen MR) is 80.4 cm³/mol. The SMILES string of the molecule is CC(=O)c1ccc(NC(=O)CSc2nnc(C)s2)cc1.